The monoisotopic (exact) mass is 619 g/mol. The summed E-state index contributed by atoms with van der Waals surface area (Å²) in [7, 11) is 2.08. The zero-order valence-electron chi connectivity index (χ0n) is 26.2. The van der Waals surface area contributed by atoms with Crippen molar-refractivity contribution in [1.82, 2.24) is 25.3 Å². The Labute approximate surface area is 259 Å². The van der Waals surface area contributed by atoms with Crippen molar-refractivity contribution in [3.8, 4) is 11.6 Å². The Morgan fingerprint density at radius 1 is 1.14 bits per heavy atom. The van der Waals surface area contributed by atoms with Crippen molar-refractivity contribution < 1.29 is 39.4 Å². The van der Waals surface area contributed by atoms with Crippen LogP contribution in [0.15, 0.2) is 18.2 Å². The molecule has 1 aromatic heterocycles. The Bertz CT molecular complexity index is 1200. The molecule has 2 fully saturated rings. The first-order valence-electron chi connectivity index (χ1n) is 15.5. The molecular formula is C31H49N5O8. The van der Waals surface area contributed by atoms with E-state index in [2.05, 4.69) is 27.5 Å². The number of rotatable bonds is 14. The van der Waals surface area contributed by atoms with E-state index >= 15 is 0 Å². The predicted molar refractivity (Wildman–Crippen MR) is 163 cm³/mol. The number of aromatic nitrogens is 2. The number of aryl methyl sites for hydroxylation is 1. The van der Waals surface area contributed by atoms with Crippen LogP contribution in [0, 0.1) is 6.92 Å². The van der Waals surface area contributed by atoms with Gasteiger partial charge in [0.05, 0.1) is 13.2 Å². The van der Waals surface area contributed by atoms with Gasteiger partial charge in [-0.15, -0.1) is 5.10 Å². The van der Waals surface area contributed by atoms with Gasteiger partial charge in [0.15, 0.2) is 0 Å². The molecule has 1 amide bonds. The van der Waals surface area contributed by atoms with Gasteiger partial charge in [-0.1, -0.05) is 19.9 Å². The average Bonchev–Trinajstić information content (AvgIpc) is 3.40. The van der Waals surface area contributed by atoms with E-state index < -0.39 is 37.3 Å². The molecule has 246 valence electrons. The van der Waals surface area contributed by atoms with Crippen LogP contribution in [0.5, 0.6) is 11.6 Å². The summed E-state index contributed by atoms with van der Waals surface area (Å²) in [4.78, 5) is 16.5. The highest BCUT2D eigenvalue weighted by atomic mass is 16.7. The number of likely N-dealkylation sites (N-methyl/N-ethyl adjacent to an activating group) is 1. The van der Waals surface area contributed by atoms with Crippen molar-refractivity contribution in [3.63, 3.8) is 0 Å². The second-order valence-corrected chi connectivity index (χ2v) is 12.0. The van der Waals surface area contributed by atoms with E-state index in [0.29, 0.717) is 26.0 Å². The first-order valence-corrected chi connectivity index (χ1v) is 15.5. The number of ether oxygens (including phenoxy) is 3. The molecule has 13 nitrogen and oxygen atoms in total. The Morgan fingerprint density at radius 2 is 1.89 bits per heavy atom. The number of benzene rings is 1. The first-order chi connectivity index (χ1) is 21.1. The smallest absolute Gasteiger partial charge is 0.238 e. The molecule has 3 unspecified atom stereocenters. The first kappa shape index (κ1) is 34.1. The zero-order valence-corrected chi connectivity index (χ0v) is 26.2. The number of aromatic amines is 1. The molecule has 0 saturated carbocycles. The van der Waals surface area contributed by atoms with Gasteiger partial charge < -0.3 is 49.8 Å². The molecule has 2 aromatic rings. The Hall–Kier alpha value is -2.78. The van der Waals surface area contributed by atoms with E-state index in [1.807, 2.05) is 43.9 Å². The van der Waals surface area contributed by atoms with Gasteiger partial charge in [-0.2, -0.15) is 0 Å². The summed E-state index contributed by atoms with van der Waals surface area (Å²) in [6.07, 6.45) is -5.13. The van der Waals surface area contributed by atoms with Crippen LogP contribution in [0.1, 0.15) is 55.0 Å². The van der Waals surface area contributed by atoms with Crippen molar-refractivity contribution in [1.29, 1.82) is 0 Å². The lowest BCUT2D eigenvalue weighted by atomic mass is 9.96. The maximum atomic E-state index is 12.3. The SMILES string of the molecule is Cc1cc(OCCCNCCC(=O)N2CCN(C)CC2)ccc1Cc1c(OC2OC(CO)[C@@H](O)C(O)[C@H]2O)n[nH]c1C(C)C. The number of piperazine rings is 1. The van der Waals surface area contributed by atoms with Crippen molar-refractivity contribution in [3.05, 3.63) is 40.6 Å². The van der Waals surface area contributed by atoms with Crippen LogP contribution in [0.4, 0.5) is 0 Å². The van der Waals surface area contributed by atoms with Crippen LogP contribution in [0.25, 0.3) is 0 Å². The third-order valence-electron chi connectivity index (χ3n) is 8.33. The molecule has 1 aromatic carbocycles. The summed E-state index contributed by atoms with van der Waals surface area (Å²) in [5.41, 5.74) is 3.71. The van der Waals surface area contributed by atoms with Crippen molar-refractivity contribution >= 4 is 5.91 Å². The lowest BCUT2D eigenvalue weighted by molar-refractivity contribution is -0.278. The molecule has 6 N–H and O–H groups in total. The Morgan fingerprint density at radius 3 is 2.57 bits per heavy atom. The molecular weight excluding hydrogens is 570 g/mol. The van der Waals surface area contributed by atoms with Gasteiger partial charge in [0.25, 0.3) is 0 Å². The van der Waals surface area contributed by atoms with E-state index in [0.717, 1.165) is 67.3 Å². The maximum Gasteiger partial charge on any atom is 0.238 e. The predicted octanol–water partition coefficient (Wildman–Crippen LogP) is 0.134. The van der Waals surface area contributed by atoms with E-state index in [9.17, 15) is 25.2 Å². The van der Waals surface area contributed by atoms with Crippen molar-refractivity contribution in [2.75, 3.05) is 59.5 Å². The van der Waals surface area contributed by atoms with Crippen molar-refractivity contribution in [2.45, 2.75) is 76.7 Å². The van der Waals surface area contributed by atoms with Gasteiger partial charge in [-0.25, -0.2) is 0 Å². The Kier molecular flexibility index (Phi) is 12.4. The number of amides is 1. The van der Waals surface area contributed by atoms with Gasteiger partial charge in [-0.3, -0.25) is 9.89 Å². The van der Waals surface area contributed by atoms with Crippen LogP contribution >= 0.6 is 0 Å². The average molecular weight is 620 g/mol. The Balaban J connectivity index is 1.27. The third-order valence-corrected chi connectivity index (χ3v) is 8.33. The summed E-state index contributed by atoms with van der Waals surface area (Å²) < 4.78 is 17.4. The number of H-pyrrole nitrogens is 1. The molecule has 2 aliphatic heterocycles. The van der Waals surface area contributed by atoms with Crippen LogP contribution in [-0.2, 0) is 16.0 Å². The standard InChI is InChI=1S/C31H49N5O8/c1-19(2)26-23(30(34-33-26)44-31-29(41)28(40)27(39)24(18-37)43-31)17-21-6-7-22(16-20(21)3)42-15-5-9-32-10-8-25(38)36-13-11-35(4)12-14-36/h6-7,16,19,24,27-29,31-32,37,39-41H,5,8-15,17-18H2,1-4H3,(H,33,34)/t24?,27-,28?,29-,31?/m1/s1. The van der Waals surface area contributed by atoms with E-state index in [1.54, 1.807) is 0 Å². The van der Waals surface area contributed by atoms with Gasteiger partial charge in [0.1, 0.15) is 30.2 Å². The van der Waals surface area contributed by atoms with Crippen LogP contribution < -0.4 is 14.8 Å². The number of carbonyl (C=O) groups is 1. The van der Waals surface area contributed by atoms with Gasteiger partial charge in [0.2, 0.25) is 18.1 Å². The number of aliphatic hydroxyl groups is 4. The number of nitrogens with zero attached hydrogens (tertiary/aromatic N) is 3. The molecule has 2 saturated heterocycles. The molecule has 0 bridgehead atoms. The number of nitrogens with one attached hydrogen (secondary N) is 2. The van der Waals surface area contributed by atoms with Crippen molar-refractivity contribution in [2.24, 2.45) is 0 Å². The fourth-order valence-corrected chi connectivity index (χ4v) is 5.45. The number of hydrogen-bond donors (Lipinski definition) is 6. The number of carbonyl (C=O) groups excluding carboxylic acids is 1. The second-order valence-electron chi connectivity index (χ2n) is 12.0. The lowest BCUT2D eigenvalue weighted by Crippen LogP contribution is -2.60. The van der Waals surface area contributed by atoms with E-state index in [4.69, 9.17) is 14.2 Å². The van der Waals surface area contributed by atoms with Crippen LogP contribution in [0.3, 0.4) is 0 Å². The van der Waals surface area contributed by atoms with Gasteiger partial charge >= 0.3 is 0 Å². The highest BCUT2D eigenvalue weighted by Crippen LogP contribution is 2.32. The highest BCUT2D eigenvalue weighted by Gasteiger charge is 2.45. The van der Waals surface area contributed by atoms with E-state index in [1.165, 1.54) is 0 Å². The minimum atomic E-state index is -1.54. The number of aliphatic hydroxyl groups excluding tert-OH is 4. The van der Waals surface area contributed by atoms with E-state index in [-0.39, 0.29) is 17.7 Å². The zero-order chi connectivity index (χ0) is 31.8. The quantitative estimate of drug-likeness (QED) is 0.159. The fourth-order valence-electron chi connectivity index (χ4n) is 5.45. The molecule has 0 spiro atoms. The molecule has 3 heterocycles. The summed E-state index contributed by atoms with van der Waals surface area (Å²) in [5, 5.41) is 50.9. The second kappa shape index (κ2) is 16.0. The minimum absolute atomic E-state index is 0.103. The molecule has 2 aliphatic rings. The fraction of sp³-hybridized carbons (Fsp3) is 0.677. The third kappa shape index (κ3) is 8.68. The highest BCUT2D eigenvalue weighted by molar-refractivity contribution is 5.76. The topological polar surface area (TPSA) is 173 Å². The molecule has 0 radical (unpaired) electrons. The largest absolute Gasteiger partial charge is 0.494 e. The van der Waals surface area contributed by atoms with Gasteiger partial charge in [0, 0.05) is 56.8 Å². The van der Waals surface area contributed by atoms with Crippen LogP contribution in [0.2, 0.25) is 0 Å². The lowest BCUT2D eigenvalue weighted by Gasteiger charge is -2.39. The summed E-state index contributed by atoms with van der Waals surface area (Å²) in [5.74, 6) is 1.30. The molecule has 0 aliphatic carbocycles. The van der Waals surface area contributed by atoms with Crippen LogP contribution in [-0.4, -0.2) is 137 Å². The summed E-state index contributed by atoms with van der Waals surface area (Å²) >= 11 is 0. The van der Waals surface area contributed by atoms with Gasteiger partial charge in [-0.05, 0) is 56.1 Å². The molecule has 13 heteroatoms. The number of hydrogen-bond acceptors (Lipinski definition) is 11. The summed E-state index contributed by atoms with van der Waals surface area (Å²) in [6, 6.07) is 5.92. The molecule has 44 heavy (non-hydrogen) atoms. The molecule has 4 rings (SSSR count). The summed E-state index contributed by atoms with van der Waals surface area (Å²) in [6.45, 7) is 11.0. The minimum Gasteiger partial charge on any atom is -0.494 e. The molecule has 5 atom stereocenters. The maximum absolute atomic E-state index is 12.3. The normalized spacial score (nSPS) is 24.6.